The Kier molecular flexibility index (Phi) is 6.45. The van der Waals surface area contributed by atoms with Gasteiger partial charge in [0.1, 0.15) is 5.38 Å². The normalized spacial score (nSPS) is 12.9. The number of hydrogen-bond acceptors (Lipinski definition) is 3. The molecule has 0 spiro atoms. The van der Waals surface area contributed by atoms with Gasteiger partial charge in [0.15, 0.2) is 0 Å². The number of nitrogens with one attached hydrogen (secondary N) is 2. The molecule has 0 aliphatic carbocycles. The number of hydrogen-bond donors (Lipinski definition) is 2. The zero-order valence-electron chi connectivity index (χ0n) is 11.5. The Hall–Kier alpha value is -1.11. The van der Waals surface area contributed by atoms with E-state index >= 15 is 0 Å². The van der Waals surface area contributed by atoms with E-state index in [-0.39, 0.29) is 10.8 Å². The van der Waals surface area contributed by atoms with Gasteiger partial charge >= 0.3 is 0 Å². The fourth-order valence-electron chi connectivity index (χ4n) is 1.43. The van der Waals surface area contributed by atoms with Gasteiger partial charge in [0.25, 0.3) is 0 Å². The van der Waals surface area contributed by atoms with Crippen molar-refractivity contribution in [2.24, 2.45) is 0 Å². The van der Waals surface area contributed by atoms with E-state index in [1.807, 2.05) is 6.92 Å². The molecule has 0 fully saturated rings. The quantitative estimate of drug-likeness (QED) is 0.598. The second kappa shape index (κ2) is 7.61. The van der Waals surface area contributed by atoms with E-state index in [1.54, 1.807) is 6.92 Å². The molecule has 0 aliphatic rings. The number of carbonyl (C=O) groups is 1. The molecular weight excluding hydrogens is 300 g/mol. The van der Waals surface area contributed by atoms with Gasteiger partial charge in [0.2, 0.25) is 15.9 Å². The largest absolute Gasteiger partial charge is 0.325 e. The van der Waals surface area contributed by atoms with Crippen LogP contribution in [0.15, 0.2) is 29.2 Å². The van der Waals surface area contributed by atoms with Crippen LogP contribution in [0.5, 0.6) is 0 Å². The van der Waals surface area contributed by atoms with Crippen LogP contribution in [-0.2, 0) is 14.8 Å². The van der Waals surface area contributed by atoms with Crippen LogP contribution < -0.4 is 10.0 Å². The van der Waals surface area contributed by atoms with Gasteiger partial charge in [0, 0.05) is 12.2 Å². The number of amides is 1. The average Bonchev–Trinajstić information content (AvgIpc) is 2.39. The summed E-state index contributed by atoms with van der Waals surface area (Å²) in [6, 6.07) is 5.96. The summed E-state index contributed by atoms with van der Waals surface area (Å²) in [5.41, 5.74) is 0.509. The summed E-state index contributed by atoms with van der Waals surface area (Å²) in [5.74, 6) is -0.330. The van der Waals surface area contributed by atoms with Crippen molar-refractivity contribution in [1.29, 1.82) is 0 Å². The number of carbonyl (C=O) groups excluding carboxylic acids is 1. The first-order valence-electron chi connectivity index (χ1n) is 6.41. The van der Waals surface area contributed by atoms with Gasteiger partial charge in [-0.25, -0.2) is 13.1 Å². The summed E-state index contributed by atoms with van der Waals surface area (Å²) in [5, 5.41) is 1.94. The Morgan fingerprint density at radius 2 is 1.90 bits per heavy atom. The van der Waals surface area contributed by atoms with Crippen LogP contribution in [0.25, 0.3) is 0 Å². The zero-order chi connectivity index (χ0) is 15.2. The smallest absolute Gasteiger partial charge is 0.242 e. The molecule has 0 radical (unpaired) electrons. The summed E-state index contributed by atoms with van der Waals surface area (Å²) >= 11 is 5.63. The summed E-state index contributed by atoms with van der Waals surface area (Å²) < 4.78 is 26.4. The van der Waals surface area contributed by atoms with Crippen LogP contribution in [0.4, 0.5) is 5.69 Å². The number of benzene rings is 1. The Labute approximate surface area is 124 Å². The molecule has 20 heavy (non-hydrogen) atoms. The molecule has 0 bridgehead atoms. The molecule has 7 heteroatoms. The highest BCUT2D eigenvalue weighted by atomic mass is 35.5. The molecule has 1 rings (SSSR count). The third-order valence-corrected chi connectivity index (χ3v) is 4.29. The van der Waals surface area contributed by atoms with Gasteiger partial charge in [-0.3, -0.25) is 4.79 Å². The van der Waals surface area contributed by atoms with E-state index in [9.17, 15) is 13.2 Å². The molecule has 2 N–H and O–H groups in total. The van der Waals surface area contributed by atoms with E-state index in [0.29, 0.717) is 12.2 Å². The van der Waals surface area contributed by atoms with E-state index in [0.717, 1.165) is 12.8 Å². The van der Waals surface area contributed by atoms with E-state index < -0.39 is 15.4 Å². The Balaban J connectivity index is 2.73. The molecule has 1 aromatic carbocycles. The predicted molar refractivity (Wildman–Crippen MR) is 80.5 cm³/mol. The van der Waals surface area contributed by atoms with Crippen LogP contribution in [-0.4, -0.2) is 26.2 Å². The minimum atomic E-state index is -3.48. The van der Waals surface area contributed by atoms with Gasteiger partial charge in [-0.2, -0.15) is 0 Å². The maximum Gasteiger partial charge on any atom is 0.242 e. The number of rotatable bonds is 7. The lowest BCUT2D eigenvalue weighted by Crippen LogP contribution is -2.24. The Morgan fingerprint density at radius 1 is 1.30 bits per heavy atom. The fraction of sp³-hybridized carbons (Fsp3) is 0.462. The van der Waals surface area contributed by atoms with E-state index in [2.05, 4.69) is 10.0 Å². The highest BCUT2D eigenvalue weighted by molar-refractivity contribution is 7.89. The average molecular weight is 319 g/mol. The van der Waals surface area contributed by atoms with Crippen molar-refractivity contribution in [1.82, 2.24) is 4.72 Å². The van der Waals surface area contributed by atoms with Crippen molar-refractivity contribution >= 4 is 33.2 Å². The summed E-state index contributed by atoms with van der Waals surface area (Å²) in [6.45, 7) is 3.97. The lowest BCUT2D eigenvalue weighted by molar-refractivity contribution is -0.115. The highest BCUT2D eigenvalue weighted by Crippen LogP contribution is 2.14. The first kappa shape index (κ1) is 16.9. The molecule has 5 nitrogen and oxygen atoms in total. The Morgan fingerprint density at radius 3 is 2.40 bits per heavy atom. The molecule has 1 aromatic rings. The monoisotopic (exact) mass is 318 g/mol. The van der Waals surface area contributed by atoms with Gasteiger partial charge < -0.3 is 5.32 Å². The van der Waals surface area contributed by atoms with Gasteiger partial charge in [0.05, 0.1) is 4.90 Å². The summed E-state index contributed by atoms with van der Waals surface area (Å²) in [7, 11) is -3.48. The SMILES string of the molecule is CCCCNS(=O)(=O)c1ccc(NC(=O)C(C)Cl)cc1. The zero-order valence-corrected chi connectivity index (χ0v) is 13.1. The molecule has 0 heterocycles. The standard InChI is InChI=1S/C13H19ClN2O3S/c1-3-4-9-15-20(18,19)12-7-5-11(6-8-12)16-13(17)10(2)14/h5-8,10,15H,3-4,9H2,1-2H3,(H,16,17). The van der Waals surface area contributed by atoms with Crippen LogP contribution in [0.2, 0.25) is 0 Å². The maximum atomic E-state index is 11.9. The van der Waals surface area contributed by atoms with E-state index in [1.165, 1.54) is 24.3 Å². The van der Waals surface area contributed by atoms with Crippen molar-refractivity contribution < 1.29 is 13.2 Å². The molecule has 1 amide bonds. The molecule has 112 valence electrons. The fourth-order valence-corrected chi connectivity index (χ4v) is 2.55. The maximum absolute atomic E-state index is 11.9. The van der Waals surface area contributed by atoms with Crippen molar-refractivity contribution in [3.8, 4) is 0 Å². The predicted octanol–water partition coefficient (Wildman–Crippen LogP) is 2.33. The number of sulfonamides is 1. The van der Waals surface area contributed by atoms with E-state index in [4.69, 9.17) is 11.6 Å². The van der Waals surface area contributed by atoms with Crippen LogP contribution in [0.1, 0.15) is 26.7 Å². The number of alkyl halides is 1. The van der Waals surface area contributed by atoms with Crippen molar-refractivity contribution in [3.63, 3.8) is 0 Å². The van der Waals surface area contributed by atoms with Crippen LogP contribution in [0.3, 0.4) is 0 Å². The third kappa shape index (κ3) is 5.11. The summed E-state index contributed by atoms with van der Waals surface area (Å²) in [6.07, 6.45) is 1.71. The number of unbranched alkanes of at least 4 members (excludes halogenated alkanes) is 1. The number of halogens is 1. The summed E-state index contributed by atoms with van der Waals surface area (Å²) in [4.78, 5) is 11.6. The first-order chi connectivity index (χ1) is 9.36. The third-order valence-electron chi connectivity index (χ3n) is 2.62. The van der Waals surface area contributed by atoms with Crippen molar-refractivity contribution in [3.05, 3.63) is 24.3 Å². The number of anilines is 1. The molecular formula is C13H19ClN2O3S. The Bertz CT molecular complexity index is 541. The molecule has 0 saturated carbocycles. The second-order valence-corrected chi connectivity index (χ2v) is 6.80. The van der Waals surface area contributed by atoms with Crippen molar-refractivity contribution in [2.45, 2.75) is 37.0 Å². The minimum absolute atomic E-state index is 0.172. The molecule has 0 aromatic heterocycles. The molecule has 0 saturated heterocycles. The molecule has 1 unspecified atom stereocenters. The van der Waals surface area contributed by atoms with Crippen molar-refractivity contribution in [2.75, 3.05) is 11.9 Å². The topological polar surface area (TPSA) is 75.3 Å². The second-order valence-electron chi connectivity index (χ2n) is 4.38. The highest BCUT2D eigenvalue weighted by Gasteiger charge is 2.14. The molecule has 1 atom stereocenters. The lowest BCUT2D eigenvalue weighted by Gasteiger charge is -2.09. The lowest BCUT2D eigenvalue weighted by atomic mass is 10.3. The van der Waals surface area contributed by atoms with Gasteiger partial charge in [-0.15, -0.1) is 11.6 Å². The van der Waals surface area contributed by atoms with Gasteiger partial charge in [-0.05, 0) is 37.6 Å². The first-order valence-corrected chi connectivity index (χ1v) is 8.33. The minimum Gasteiger partial charge on any atom is -0.325 e. The van der Waals surface area contributed by atoms with Crippen LogP contribution >= 0.6 is 11.6 Å². The van der Waals surface area contributed by atoms with Crippen LogP contribution in [0, 0.1) is 0 Å². The van der Waals surface area contributed by atoms with Gasteiger partial charge in [-0.1, -0.05) is 13.3 Å². The molecule has 0 aliphatic heterocycles.